The van der Waals surface area contributed by atoms with Crippen molar-refractivity contribution < 1.29 is 4.79 Å². The molecule has 0 radical (unpaired) electrons. The van der Waals surface area contributed by atoms with Gasteiger partial charge in [0, 0.05) is 17.8 Å². The van der Waals surface area contributed by atoms with E-state index in [-0.39, 0.29) is 5.91 Å². The summed E-state index contributed by atoms with van der Waals surface area (Å²) in [5.74, 6) is -0.0798. The molecule has 3 rings (SSSR count). The molecule has 5 heteroatoms. The van der Waals surface area contributed by atoms with Gasteiger partial charge in [-0.15, -0.1) is 0 Å². The highest BCUT2D eigenvalue weighted by molar-refractivity contribution is 6.30. The average Bonchev–Trinajstić information content (AvgIpc) is 2.56. The number of amides is 1. The Hall–Kier alpha value is -2.04. The number of nitrogens with zero attached hydrogens (tertiary/aromatic N) is 1. The van der Waals surface area contributed by atoms with Crippen LogP contribution < -0.4 is 10.7 Å². The van der Waals surface area contributed by atoms with E-state index < -0.39 is 5.66 Å². The van der Waals surface area contributed by atoms with Crippen LogP contribution in [0.2, 0.25) is 5.02 Å². The highest BCUT2D eigenvalue weighted by Gasteiger charge is 2.34. The zero-order valence-electron chi connectivity index (χ0n) is 11.9. The summed E-state index contributed by atoms with van der Waals surface area (Å²) in [6.07, 6.45) is 0. The third kappa shape index (κ3) is 2.48. The number of hydrogen-bond acceptors (Lipinski definition) is 3. The molecule has 2 aromatic rings. The van der Waals surface area contributed by atoms with Crippen molar-refractivity contribution in [2.75, 3.05) is 12.4 Å². The average molecular weight is 302 g/mol. The van der Waals surface area contributed by atoms with E-state index in [0.29, 0.717) is 10.6 Å². The van der Waals surface area contributed by atoms with Crippen molar-refractivity contribution in [3.8, 4) is 0 Å². The number of hydrogen-bond donors (Lipinski definition) is 2. The van der Waals surface area contributed by atoms with Crippen LogP contribution in [0.1, 0.15) is 22.8 Å². The summed E-state index contributed by atoms with van der Waals surface area (Å²) in [5, 5.41) is 5.56. The van der Waals surface area contributed by atoms with Crippen molar-refractivity contribution in [1.29, 1.82) is 0 Å². The molecule has 0 spiro atoms. The molecular formula is C16H16ClN3O. The molecule has 1 atom stereocenters. The van der Waals surface area contributed by atoms with E-state index in [1.165, 1.54) is 5.01 Å². The predicted octanol–water partition coefficient (Wildman–Crippen LogP) is 3.22. The molecule has 0 saturated heterocycles. The lowest BCUT2D eigenvalue weighted by atomic mass is 10.0. The minimum absolute atomic E-state index is 0.0798. The number of fused-ring (bicyclic) bond motifs is 1. The Morgan fingerprint density at radius 2 is 1.90 bits per heavy atom. The van der Waals surface area contributed by atoms with Crippen molar-refractivity contribution >= 4 is 23.2 Å². The van der Waals surface area contributed by atoms with Gasteiger partial charge in [0.05, 0.1) is 5.56 Å². The maximum Gasteiger partial charge on any atom is 0.269 e. The van der Waals surface area contributed by atoms with Crippen LogP contribution in [0.5, 0.6) is 0 Å². The van der Waals surface area contributed by atoms with Gasteiger partial charge < -0.3 is 5.32 Å². The molecule has 21 heavy (non-hydrogen) atoms. The first kappa shape index (κ1) is 13.9. The summed E-state index contributed by atoms with van der Waals surface area (Å²) in [7, 11) is 1.72. The van der Waals surface area contributed by atoms with Gasteiger partial charge in [0.25, 0.3) is 5.91 Å². The number of benzene rings is 2. The second-order valence-corrected chi connectivity index (χ2v) is 5.72. The molecule has 4 nitrogen and oxygen atoms in total. The zero-order chi connectivity index (χ0) is 15.0. The van der Waals surface area contributed by atoms with Crippen LogP contribution in [0.15, 0.2) is 48.5 Å². The summed E-state index contributed by atoms with van der Waals surface area (Å²) in [6, 6.07) is 15.0. The van der Waals surface area contributed by atoms with E-state index in [1.807, 2.05) is 55.5 Å². The fourth-order valence-corrected chi connectivity index (χ4v) is 2.77. The fraction of sp³-hybridized carbons (Fsp3) is 0.188. The van der Waals surface area contributed by atoms with E-state index in [4.69, 9.17) is 11.6 Å². The van der Waals surface area contributed by atoms with Gasteiger partial charge >= 0.3 is 0 Å². The number of hydrazine groups is 1. The van der Waals surface area contributed by atoms with E-state index >= 15 is 0 Å². The SMILES string of the molecule is CN1NC(C)(c2cccc(Cl)c2)Nc2ccccc2C1=O. The van der Waals surface area contributed by atoms with E-state index in [9.17, 15) is 4.79 Å². The Kier molecular flexibility index (Phi) is 3.35. The Labute approximate surface area is 128 Å². The molecule has 1 aliphatic rings. The van der Waals surface area contributed by atoms with Gasteiger partial charge in [-0.1, -0.05) is 35.9 Å². The first-order chi connectivity index (χ1) is 9.99. The molecule has 2 N–H and O–H groups in total. The molecular weight excluding hydrogens is 286 g/mol. The van der Waals surface area contributed by atoms with Crippen LogP contribution in [-0.4, -0.2) is 18.0 Å². The van der Waals surface area contributed by atoms with E-state index in [1.54, 1.807) is 7.05 Å². The van der Waals surface area contributed by atoms with Gasteiger partial charge in [-0.3, -0.25) is 9.80 Å². The molecule has 0 aromatic heterocycles. The standard InChI is InChI=1S/C16H16ClN3O/c1-16(11-6-5-7-12(17)10-11)18-14-9-4-3-8-13(14)15(21)20(2)19-16/h3-10,18-19H,1-2H3. The molecule has 0 saturated carbocycles. The van der Waals surface area contributed by atoms with Gasteiger partial charge in [-0.25, -0.2) is 5.43 Å². The van der Waals surface area contributed by atoms with Gasteiger partial charge in [0.15, 0.2) is 0 Å². The summed E-state index contributed by atoms with van der Waals surface area (Å²) >= 11 is 6.10. The van der Waals surface area contributed by atoms with Gasteiger partial charge in [-0.2, -0.15) is 0 Å². The van der Waals surface area contributed by atoms with Crippen LogP contribution >= 0.6 is 11.6 Å². The lowest BCUT2D eigenvalue weighted by Gasteiger charge is -2.34. The molecule has 1 amide bonds. The third-order valence-corrected chi connectivity index (χ3v) is 3.88. The Morgan fingerprint density at radius 3 is 2.67 bits per heavy atom. The first-order valence-corrected chi connectivity index (χ1v) is 7.06. The predicted molar refractivity (Wildman–Crippen MR) is 84.1 cm³/mol. The monoisotopic (exact) mass is 301 g/mol. The van der Waals surface area contributed by atoms with Crippen LogP contribution in [0.25, 0.3) is 0 Å². The van der Waals surface area contributed by atoms with Gasteiger partial charge in [0.2, 0.25) is 0 Å². The normalized spacial score (nSPS) is 21.5. The largest absolute Gasteiger partial charge is 0.362 e. The lowest BCUT2D eigenvalue weighted by molar-refractivity contribution is 0.0649. The van der Waals surface area contributed by atoms with Crippen LogP contribution in [0.3, 0.4) is 0 Å². The van der Waals surface area contributed by atoms with Gasteiger partial charge in [-0.05, 0) is 36.8 Å². The van der Waals surface area contributed by atoms with Crippen LogP contribution in [0, 0.1) is 0 Å². The van der Waals surface area contributed by atoms with Crippen molar-refractivity contribution in [1.82, 2.24) is 10.4 Å². The molecule has 108 valence electrons. The molecule has 0 fully saturated rings. The highest BCUT2D eigenvalue weighted by Crippen LogP contribution is 2.30. The van der Waals surface area contributed by atoms with Crippen molar-refractivity contribution in [3.63, 3.8) is 0 Å². The number of rotatable bonds is 1. The molecule has 1 heterocycles. The molecule has 0 bridgehead atoms. The number of anilines is 1. The van der Waals surface area contributed by atoms with Crippen molar-refractivity contribution in [2.45, 2.75) is 12.6 Å². The Balaban J connectivity index is 2.11. The lowest BCUT2D eigenvalue weighted by Crippen LogP contribution is -2.53. The number of nitrogens with one attached hydrogen (secondary N) is 2. The summed E-state index contributed by atoms with van der Waals surface area (Å²) in [6.45, 7) is 1.98. The second-order valence-electron chi connectivity index (χ2n) is 5.28. The second kappa shape index (κ2) is 5.06. The number of para-hydroxylation sites is 1. The summed E-state index contributed by atoms with van der Waals surface area (Å²) < 4.78 is 0. The van der Waals surface area contributed by atoms with Crippen LogP contribution in [-0.2, 0) is 5.66 Å². The minimum Gasteiger partial charge on any atom is -0.362 e. The summed E-state index contributed by atoms with van der Waals surface area (Å²) in [4.78, 5) is 12.4. The quantitative estimate of drug-likeness (QED) is 0.850. The number of carbonyl (C=O) groups is 1. The van der Waals surface area contributed by atoms with Crippen LogP contribution in [0.4, 0.5) is 5.69 Å². The first-order valence-electron chi connectivity index (χ1n) is 6.69. The fourth-order valence-electron chi connectivity index (χ4n) is 2.58. The third-order valence-electron chi connectivity index (χ3n) is 3.64. The van der Waals surface area contributed by atoms with E-state index in [0.717, 1.165) is 11.3 Å². The smallest absolute Gasteiger partial charge is 0.269 e. The van der Waals surface area contributed by atoms with Gasteiger partial charge in [0.1, 0.15) is 5.66 Å². The topological polar surface area (TPSA) is 44.4 Å². The molecule has 0 aliphatic carbocycles. The maximum atomic E-state index is 12.4. The number of carbonyl (C=O) groups excluding carboxylic acids is 1. The molecule has 2 aromatic carbocycles. The maximum absolute atomic E-state index is 12.4. The molecule has 1 unspecified atom stereocenters. The molecule has 1 aliphatic heterocycles. The zero-order valence-corrected chi connectivity index (χ0v) is 12.6. The van der Waals surface area contributed by atoms with Crippen molar-refractivity contribution in [3.05, 3.63) is 64.7 Å². The minimum atomic E-state index is -0.637. The highest BCUT2D eigenvalue weighted by atomic mass is 35.5. The Bertz CT molecular complexity index is 703. The van der Waals surface area contributed by atoms with E-state index in [2.05, 4.69) is 10.7 Å². The van der Waals surface area contributed by atoms with Crippen molar-refractivity contribution in [2.24, 2.45) is 0 Å². The summed E-state index contributed by atoms with van der Waals surface area (Å²) in [5.41, 5.74) is 4.95. The Morgan fingerprint density at radius 1 is 1.14 bits per heavy atom. The number of halogens is 1.